The lowest BCUT2D eigenvalue weighted by Crippen LogP contribution is -2.00. The zero-order valence-corrected chi connectivity index (χ0v) is 26.7. The maximum Gasteiger partial charge on any atom is 0.167 e. The van der Waals surface area contributed by atoms with Gasteiger partial charge in [0.1, 0.15) is 22.3 Å². The monoisotopic (exact) mass is 641 g/mol. The molecule has 5 nitrogen and oxygen atoms in total. The topological polar surface area (TPSA) is 65.0 Å². The van der Waals surface area contributed by atoms with Gasteiger partial charge in [-0.3, -0.25) is 0 Å². The second kappa shape index (κ2) is 11.4. The number of nitrogens with zero attached hydrogens (tertiary/aromatic N) is 3. The summed E-state index contributed by atoms with van der Waals surface area (Å²) in [5, 5.41) is 4.10. The summed E-state index contributed by atoms with van der Waals surface area (Å²) in [6.07, 6.45) is 0. The Labute approximate surface area is 287 Å². The van der Waals surface area contributed by atoms with Gasteiger partial charge in [0, 0.05) is 27.1 Å². The van der Waals surface area contributed by atoms with Crippen LogP contribution in [0.25, 0.3) is 100 Å². The lowest BCUT2D eigenvalue weighted by atomic mass is 9.99. The fourth-order valence-electron chi connectivity index (χ4n) is 6.91. The minimum atomic E-state index is 0.523. The molecule has 0 saturated heterocycles. The van der Waals surface area contributed by atoms with Gasteiger partial charge in [0.05, 0.1) is 11.1 Å². The Hall–Kier alpha value is -6.85. The van der Waals surface area contributed by atoms with Gasteiger partial charge in [-0.2, -0.15) is 0 Å². The molecule has 0 fully saturated rings. The first kappa shape index (κ1) is 28.2. The van der Waals surface area contributed by atoms with E-state index in [1.807, 2.05) is 78.9 Å². The van der Waals surface area contributed by atoms with Gasteiger partial charge < -0.3 is 8.83 Å². The molecule has 0 unspecified atom stereocenters. The largest absolute Gasteiger partial charge is 0.455 e. The number of aromatic nitrogens is 3. The summed E-state index contributed by atoms with van der Waals surface area (Å²) < 4.78 is 13.1. The van der Waals surface area contributed by atoms with Crippen LogP contribution in [0.15, 0.2) is 173 Å². The molecule has 3 aromatic heterocycles. The van der Waals surface area contributed by atoms with Gasteiger partial charge in [-0.1, -0.05) is 127 Å². The van der Waals surface area contributed by atoms with E-state index in [9.17, 15) is 0 Å². The van der Waals surface area contributed by atoms with Crippen LogP contribution in [0.4, 0.5) is 0 Å². The zero-order valence-electron chi connectivity index (χ0n) is 26.7. The summed E-state index contributed by atoms with van der Waals surface area (Å²) in [6.45, 7) is 0. The second-order valence-electron chi connectivity index (χ2n) is 12.4. The third-order valence-corrected chi connectivity index (χ3v) is 9.34. The SMILES string of the molecule is c1ccc(-c2ccc3oc4c(-c5nc(-c6ccccc6)nc(-c6cc(-c7ccccc7)cc7c6oc6ccccc67)n5)cccc4c3c2)cc1. The molecule has 0 spiro atoms. The maximum absolute atomic E-state index is 6.59. The van der Waals surface area contributed by atoms with Crippen LogP contribution in [0.1, 0.15) is 0 Å². The van der Waals surface area contributed by atoms with Gasteiger partial charge in [-0.05, 0) is 58.7 Å². The maximum atomic E-state index is 6.59. The highest BCUT2D eigenvalue weighted by Crippen LogP contribution is 2.41. The Kier molecular flexibility index (Phi) is 6.42. The van der Waals surface area contributed by atoms with Crippen LogP contribution in [0.3, 0.4) is 0 Å². The van der Waals surface area contributed by atoms with Crippen LogP contribution in [-0.2, 0) is 0 Å². The fraction of sp³-hybridized carbons (Fsp3) is 0. The van der Waals surface area contributed by atoms with Crippen molar-refractivity contribution in [1.29, 1.82) is 0 Å². The van der Waals surface area contributed by atoms with E-state index in [4.69, 9.17) is 23.8 Å². The van der Waals surface area contributed by atoms with Gasteiger partial charge in [0.25, 0.3) is 0 Å². The van der Waals surface area contributed by atoms with Crippen LogP contribution in [0.5, 0.6) is 0 Å². The Morgan fingerprint density at radius 2 is 0.840 bits per heavy atom. The summed E-state index contributed by atoms with van der Waals surface area (Å²) in [5.41, 5.74) is 10.0. The van der Waals surface area contributed by atoms with Crippen LogP contribution < -0.4 is 0 Å². The van der Waals surface area contributed by atoms with Crippen molar-refractivity contribution in [2.45, 2.75) is 0 Å². The third kappa shape index (κ3) is 4.67. The molecule has 50 heavy (non-hydrogen) atoms. The van der Waals surface area contributed by atoms with E-state index in [0.717, 1.165) is 82.8 Å². The van der Waals surface area contributed by atoms with Crippen LogP contribution in [0.2, 0.25) is 0 Å². The molecule has 0 aliphatic heterocycles. The van der Waals surface area contributed by atoms with E-state index in [1.165, 1.54) is 0 Å². The highest BCUT2D eigenvalue weighted by atomic mass is 16.3. The van der Waals surface area contributed by atoms with Gasteiger partial charge in [-0.15, -0.1) is 0 Å². The van der Waals surface area contributed by atoms with Gasteiger partial charge >= 0.3 is 0 Å². The molecular weight excluding hydrogens is 615 g/mol. The van der Waals surface area contributed by atoms with E-state index in [2.05, 4.69) is 84.9 Å². The van der Waals surface area contributed by atoms with Crippen molar-refractivity contribution in [1.82, 2.24) is 15.0 Å². The molecule has 0 N–H and O–H groups in total. The molecule has 3 heterocycles. The minimum Gasteiger partial charge on any atom is -0.455 e. The molecule has 0 aliphatic carbocycles. The number of benzene rings is 7. The summed E-state index contributed by atoms with van der Waals surface area (Å²) in [6, 6.07) is 55.8. The third-order valence-electron chi connectivity index (χ3n) is 9.34. The van der Waals surface area contributed by atoms with Crippen LogP contribution >= 0.6 is 0 Å². The fourth-order valence-corrected chi connectivity index (χ4v) is 6.91. The molecule has 5 heteroatoms. The predicted molar refractivity (Wildman–Crippen MR) is 202 cm³/mol. The smallest absolute Gasteiger partial charge is 0.167 e. The van der Waals surface area contributed by atoms with E-state index in [1.54, 1.807) is 0 Å². The number of para-hydroxylation sites is 2. The van der Waals surface area contributed by atoms with Crippen molar-refractivity contribution in [3.63, 3.8) is 0 Å². The first-order valence-corrected chi connectivity index (χ1v) is 16.6. The molecule has 0 saturated carbocycles. The van der Waals surface area contributed by atoms with Gasteiger partial charge in [0.15, 0.2) is 17.5 Å². The quantitative estimate of drug-likeness (QED) is 0.187. The predicted octanol–water partition coefficient (Wildman–Crippen LogP) is 12.0. The van der Waals surface area contributed by atoms with E-state index < -0.39 is 0 Å². The zero-order chi connectivity index (χ0) is 33.0. The summed E-state index contributed by atoms with van der Waals surface area (Å²) >= 11 is 0. The molecule has 0 aliphatic rings. The average Bonchev–Trinajstić information content (AvgIpc) is 3.76. The highest BCUT2D eigenvalue weighted by Gasteiger charge is 2.21. The standard InChI is InChI=1S/C45H27N3O2/c1-4-13-28(14-5-1)31-23-24-40-36(25-31)34-20-12-21-35(41(34)50-40)44-46-43(30-17-8-3-9-18-30)47-45(48-44)38-27-32(29-15-6-2-7-16-29)26-37-33-19-10-11-22-39(33)49-42(37)38/h1-27H. The van der Waals surface area contributed by atoms with Gasteiger partial charge in [0.2, 0.25) is 0 Å². The molecule has 0 atom stereocenters. The summed E-state index contributed by atoms with van der Waals surface area (Å²) in [5.74, 6) is 1.62. The second-order valence-corrected chi connectivity index (χ2v) is 12.4. The van der Waals surface area contributed by atoms with Crippen molar-refractivity contribution in [2.75, 3.05) is 0 Å². The number of hydrogen-bond donors (Lipinski definition) is 0. The van der Waals surface area contributed by atoms with Crippen molar-refractivity contribution in [3.8, 4) is 56.4 Å². The van der Waals surface area contributed by atoms with Crippen molar-refractivity contribution in [3.05, 3.63) is 164 Å². The summed E-state index contributed by atoms with van der Waals surface area (Å²) in [4.78, 5) is 15.4. The lowest BCUT2D eigenvalue weighted by molar-refractivity contribution is 0.669. The average molecular weight is 642 g/mol. The highest BCUT2D eigenvalue weighted by molar-refractivity contribution is 6.12. The molecule has 0 amide bonds. The molecule has 10 rings (SSSR count). The van der Waals surface area contributed by atoms with E-state index >= 15 is 0 Å². The first-order chi connectivity index (χ1) is 24.8. The Morgan fingerprint density at radius 1 is 0.300 bits per heavy atom. The van der Waals surface area contributed by atoms with Gasteiger partial charge in [-0.25, -0.2) is 15.0 Å². The number of rotatable bonds is 5. The number of hydrogen-bond acceptors (Lipinski definition) is 5. The van der Waals surface area contributed by atoms with Crippen molar-refractivity contribution >= 4 is 43.9 Å². The van der Waals surface area contributed by atoms with E-state index in [-0.39, 0.29) is 0 Å². The minimum absolute atomic E-state index is 0.523. The summed E-state index contributed by atoms with van der Waals surface area (Å²) in [7, 11) is 0. The molecule has 234 valence electrons. The lowest BCUT2D eigenvalue weighted by Gasteiger charge is -2.11. The molecular formula is C45H27N3O2. The number of fused-ring (bicyclic) bond motifs is 6. The normalized spacial score (nSPS) is 11.6. The Bertz CT molecular complexity index is 2860. The van der Waals surface area contributed by atoms with Crippen LogP contribution in [0, 0.1) is 0 Å². The first-order valence-electron chi connectivity index (χ1n) is 16.6. The van der Waals surface area contributed by atoms with Crippen LogP contribution in [-0.4, -0.2) is 15.0 Å². The van der Waals surface area contributed by atoms with E-state index in [0.29, 0.717) is 17.5 Å². The molecule has 0 radical (unpaired) electrons. The number of furan rings is 2. The van der Waals surface area contributed by atoms with Crippen molar-refractivity contribution < 1.29 is 8.83 Å². The van der Waals surface area contributed by atoms with Crippen molar-refractivity contribution in [2.24, 2.45) is 0 Å². The molecule has 0 bridgehead atoms. The Balaban J connectivity index is 1.23. The Morgan fingerprint density at radius 3 is 1.58 bits per heavy atom. The molecule has 7 aromatic carbocycles. The molecule has 10 aromatic rings.